The van der Waals surface area contributed by atoms with Gasteiger partial charge in [0.1, 0.15) is 6.10 Å². The fourth-order valence-corrected chi connectivity index (χ4v) is 3.86. The lowest BCUT2D eigenvalue weighted by Crippen LogP contribution is -2.23. The predicted molar refractivity (Wildman–Crippen MR) is 85.0 cm³/mol. The molecular weight excluding hydrogens is 280 g/mol. The van der Waals surface area contributed by atoms with Crippen LogP contribution in [0.25, 0.3) is 10.1 Å². The van der Waals surface area contributed by atoms with E-state index >= 15 is 0 Å². The largest absolute Gasteiger partial charge is 0.365 e. The van der Waals surface area contributed by atoms with Crippen molar-refractivity contribution in [2.75, 3.05) is 6.61 Å². The SMILES string of the molecule is O=C(c1cccc2ccsc12)C1OCCc2ccccc21. The topological polar surface area (TPSA) is 26.3 Å². The summed E-state index contributed by atoms with van der Waals surface area (Å²) in [7, 11) is 0. The van der Waals surface area contributed by atoms with E-state index in [0.29, 0.717) is 6.61 Å². The van der Waals surface area contributed by atoms with Crippen LogP contribution in [0.5, 0.6) is 0 Å². The van der Waals surface area contributed by atoms with E-state index in [2.05, 4.69) is 6.07 Å². The Morgan fingerprint density at radius 1 is 1.10 bits per heavy atom. The first-order chi connectivity index (χ1) is 10.3. The Morgan fingerprint density at radius 3 is 2.95 bits per heavy atom. The van der Waals surface area contributed by atoms with Crippen molar-refractivity contribution in [3.8, 4) is 0 Å². The number of hydrogen-bond donors (Lipinski definition) is 0. The fraction of sp³-hybridized carbons (Fsp3) is 0.167. The van der Waals surface area contributed by atoms with Crippen LogP contribution in [0.15, 0.2) is 53.9 Å². The molecule has 3 heteroatoms. The molecule has 0 fully saturated rings. The number of benzene rings is 2. The molecule has 1 aromatic heterocycles. The Balaban J connectivity index is 1.81. The Kier molecular flexibility index (Phi) is 3.09. The molecular formula is C18H14O2S. The summed E-state index contributed by atoms with van der Waals surface area (Å²) in [5, 5.41) is 3.15. The van der Waals surface area contributed by atoms with Gasteiger partial charge in [-0.3, -0.25) is 4.79 Å². The zero-order valence-corrected chi connectivity index (χ0v) is 12.2. The smallest absolute Gasteiger partial charge is 0.197 e. The second kappa shape index (κ2) is 5.10. The molecule has 0 N–H and O–H groups in total. The summed E-state index contributed by atoms with van der Waals surface area (Å²) in [6.45, 7) is 0.605. The van der Waals surface area contributed by atoms with Gasteiger partial charge in [0.05, 0.1) is 6.61 Å². The molecule has 1 aliphatic rings. The maximum Gasteiger partial charge on any atom is 0.197 e. The monoisotopic (exact) mass is 294 g/mol. The quantitative estimate of drug-likeness (QED) is 0.655. The number of fused-ring (bicyclic) bond motifs is 2. The minimum absolute atomic E-state index is 0.0650. The molecule has 2 aromatic carbocycles. The van der Waals surface area contributed by atoms with Crippen LogP contribution < -0.4 is 0 Å². The molecule has 1 unspecified atom stereocenters. The van der Waals surface area contributed by atoms with Crippen LogP contribution in [-0.2, 0) is 11.2 Å². The molecule has 2 nitrogen and oxygen atoms in total. The Bertz CT molecular complexity index is 819. The van der Waals surface area contributed by atoms with Crippen molar-refractivity contribution in [3.05, 3.63) is 70.6 Å². The molecule has 0 saturated carbocycles. The fourth-order valence-electron chi connectivity index (χ4n) is 2.94. The minimum Gasteiger partial charge on any atom is -0.365 e. The number of thiophene rings is 1. The van der Waals surface area contributed by atoms with Crippen LogP contribution in [-0.4, -0.2) is 12.4 Å². The second-order valence-electron chi connectivity index (χ2n) is 5.21. The summed E-state index contributed by atoms with van der Waals surface area (Å²) < 4.78 is 6.85. The van der Waals surface area contributed by atoms with Crippen LogP contribution in [0.3, 0.4) is 0 Å². The molecule has 0 aliphatic carbocycles. The number of hydrogen-bond acceptors (Lipinski definition) is 3. The molecule has 21 heavy (non-hydrogen) atoms. The third-order valence-corrected chi connectivity index (χ3v) is 4.94. The number of carbonyl (C=O) groups excluding carboxylic acids is 1. The van der Waals surface area contributed by atoms with Gasteiger partial charge in [0.25, 0.3) is 0 Å². The minimum atomic E-state index is -0.470. The molecule has 0 radical (unpaired) electrons. The lowest BCUT2D eigenvalue weighted by molar-refractivity contribution is 0.0350. The van der Waals surface area contributed by atoms with Gasteiger partial charge in [0, 0.05) is 10.3 Å². The first kappa shape index (κ1) is 12.7. The lowest BCUT2D eigenvalue weighted by atomic mass is 9.92. The molecule has 104 valence electrons. The third-order valence-electron chi connectivity index (χ3n) is 3.98. The zero-order valence-electron chi connectivity index (χ0n) is 11.4. The molecule has 3 aromatic rings. The predicted octanol–water partition coefficient (Wildman–Crippen LogP) is 4.40. The molecule has 0 saturated heterocycles. The highest BCUT2D eigenvalue weighted by Crippen LogP contribution is 2.33. The van der Waals surface area contributed by atoms with Gasteiger partial charge < -0.3 is 4.74 Å². The van der Waals surface area contributed by atoms with E-state index < -0.39 is 6.10 Å². The average molecular weight is 294 g/mol. The van der Waals surface area contributed by atoms with Crippen molar-refractivity contribution < 1.29 is 9.53 Å². The lowest BCUT2D eigenvalue weighted by Gasteiger charge is -2.25. The highest BCUT2D eigenvalue weighted by atomic mass is 32.1. The average Bonchev–Trinajstić information content (AvgIpc) is 3.02. The van der Waals surface area contributed by atoms with Crippen molar-refractivity contribution in [1.82, 2.24) is 0 Å². The Morgan fingerprint density at radius 2 is 2.00 bits per heavy atom. The first-order valence-corrected chi connectivity index (χ1v) is 7.92. The normalized spacial score (nSPS) is 17.6. The maximum absolute atomic E-state index is 13.0. The molecule has 1 aliphatic heterocycles. The maximum atomic E-state index is 13.0. The van der Waals surface area contributed by atoms with Crippen molar-refractivity contribution in [3.63, 3.8) is 0 Å². The molecule has 4 rings (SSSR count). The van der Waals surface area contributed by atoms with E-state index in [1.165, 1.54) is 5.56 Å². The van der Waals surface area contributed by atoms with Gasteiger partial charge in [0.15, 0.2) is 5.78 Å². The Labute approximate surface area is 127 Å². The Hall–Kier alpha value is -1.97. The first-order valence-electron chi connectivity index (χ1n) is 7.04. The molecule has 0 amide bonds. The van der Waals surface area contributed by atoms with Gasteiger partial charge in [-0.15, -0.1) is 11.3 Å². The van der Waals surface area contributed by atoms with Gasteiger partial charge in [0.2, 0.25) is 0 Å². The number of carbonyl (C=O) groups is 1. The van der Waals surface area contributed by atoms with Gasteiger partial charge in [-0.25, -0.2) is 0 Å². The van der Waals surface area contributed by atoms with Crippen LogP contribution >= 0.6 is 11.3 Å². The van der Waals surface area contributed by atoms with Gasteiger partial charge in [-0.05, 0) is 40.4 Å². The van der Waals surface area contributed by atoms with Crippen molar-refractivity contribution in [2.24, 2.45) is 0 Å². The summed E-state index contributed by atoms with van der Waals surface area (Å²) >= 11 is 1.61. The number of Topliss-reactive ketones (excluding diaryl/α,β-unsaturated/α-hetero) is 1. The van der Waals surface area contributed by atoms with E-state index in [0.717, 1.165) is 27.6 Å². The summed E-state index contributed by atoms with van der Waals surface area (Å²) in [5.74, 6) is 0.0650. The highest BCUT2D eigenvalue weighted by molar-refractivity contribution is 7.17. The molecule has 1 atom stereocenters. The van der Waals surface area contributed by atoms with Crippen LogP contribution in [0, 0.1) is 0 Å². The van der Waals surface area contributed by atoms with Crippen molar-refractivity contribution in [1.29, 1.82) is 0 Å². The summed E-state index contributed by atoms with van der Waals surface area (Å²) in [4.78, 5) is 13.0. The van der Waals surface area contributed by atoms with Crippen molar-refractivity contribution in [2.45, 2.75) is 12.5 Å². The molecule has 0 spiro atoms. The molecule has 0 bridgehead atoms. The summed E-state index contributed by atoms with van der Waals surface area (Å²) in [5.41, 5.74) is 3.01. The van der Waals surface area contributed by atoms with Gasteiger partial charge in [-0.2, -0.15) is 0 Å². The number of ketones is 1. The van der Waals surface area contributed by atoms with E-state index in [9.17, 15) is 4.79 Å². The van der Waals surface area contributed by atoms with E-state index in [1.807, 2.05) is 47.8 Å². The number of rotatable bonds is 2. The van der Waals surface area contributed by atoms with Crippen LogP contribution in [0.1, 0.15) is 27.6 Å². The van der Waals surface area contributed by atoms with Gasteiger partial charge in [-0.1, -0.05) is 36.4 Å². The van der Waals surface area contributed by atoms with E-state index in [1.54, 1.807) is 11.3 Å². The van der Waals surface area contributed by atoms with Crippen LogP contribution in [0.4, 0.5) is 0 Å². The van der Waals surface area contributed by atoms with Crippen LogP contribution in [0.2, 0.25) is 0 Å². The standard InChI is InChI=1S/C18H14O2S/c19-16(15-7-3-5-13-9-11-21-18(13)15)17-14-6-2-1-4-12(14)8-10-20-17/h1-7,9,11,17H,8,10H2. The summed E-state index contributed by atoms with van der Waals surface area (Å²) in [6.07, 6.45) is 0.408. The highest BCUT2D eigenvalue weighted by Gasteiger charge is 2.29. The van der Waals surface area contributed by atoms with Crippen molar-refractivity contribution >= 4 is 27.2 Å². The second-order valence-corrected chi connectivity index (χ2v) is 6.12. The number of ether oxygens (including phenoxy) is 1. The third kappa shape index (κ3) is 2.09. The van der Waals surface area contributed by atoms with E-state index in [-0.39, 0.29) is 5.78 Å². The molecule has 2 heterocycles. The van der Waals surface area contributed by atoms with Gasteiger partial charge >= 0.3 is 0 Å². The zero-order chi connectivity index (χ0) is 14.2. The summed E-state index contributed by atoms with van der Waals surface area (Å²) in [6, 6.07) is 16.0. The van der Waals surface area contributed by atoms with E-state index in [4.69, 9.17) is 4.74 Å².